The predicted octanol–water partition coefficient (Wildman–Crippen LogP) is 1.50. The van der Waals surface area contributed by atoms with Crippen LogP contribution in [-0.4, -0.2) is 52.5 Å². The number of para-hydroxylation sites is 2. The van der Waals surface area contributed by atoms with E-state index in [4.69, 9.17) is 0 Å². The van der Waals surface area contributed by atoms with E-state index in [0.29, 0.717) is 25.1 Å². The molecule has 1 amide bonds. The van der Waals surface area contributed by atoms with E-state index in [9.17, 15) is 24.8 Å². The van der Waals surface area contributed by atoms with Gasteiger partial charge in [0.25, 0.3) is 5.69 Å². The van der Waals surface area contributed by atoms with Crippen LogP contribution in [0.1, 0.15) is 19.8 Å². The number of benzene rings is 1. The summed E-state index contributed by atoms with van der Waals surface area (Å²) in [6.45, 7) is 1.80. The minimum absolute atomic E-state index is 0.0924. The second kappa shape index (κ2) is 6.23. The van der Waals surface area contributed by atoms with Gasteiger partial charge >= 0.3 is 5.97 Å². The van der Waals surface area contributed by atoms with Gasteiger partial charge in [-0.1, -0.05) is 12.1 Å². The van der Waals surface area contributed by atoms with Gasteiger partial charge in [-0.2, -0.15) is 0 Å². The lowest BCUT2D eigenvalue weighted by Gasteiger charge is -2.32. The topological polar surface area (TPSA) is 104 Å². The van der Waals surface area contributed by atoms with E-state index < -0.39 is 16.4 Å². The Bertz CT molecular complexity index is 648. The van der Waals surface area contributed by atoms with Crippen LogP contribution >= 0.6 is 0 Å². The van der Waals surface area contributed by atoms with Crippen molar-refractivity contribution in [1.29, 1.82) is 0 Å². The highest BCUT2D eigenvalue weighted by Gasteiger charge is 2.45. The summed E-state index contributed by atoms with van der Waals surface area (Å²) in [5, 5.41) is 20.4. The van der Waals surface area contributed by atoms with Crippen LogP contribution < -0.4 is 4.90 Å². The number of likely N-dealkylation sites (tertiary alicyclic amines) is 1. The molecular formula is C15H19N3O5. The smallest absolute Gasteiger partial charge is 0.329 e. The molecule has 23 heavy (non-hydrogen) atoms. The minimum atomic E-state index is -1.21. The summed E-state index contributed by atoms with van der Waals surface area (Å²) >= 11 is 0. The van der Waals surface area contributed by atoms with E-state index in [1.807, 2.05) is 0 Å². The summed E-state index contributed by atoms with van der Waals surface area (Å²) in [6.07, 6.45) is 1.03. The lowest BCUT2D eigenvalue weighted by Crippen LogP contribution is -2.53. The number of hydrogen-bond donors (Lipinski definition) is 1. The SMILES string of the molecule is CN(CC(=O)N1CCCC1(C)C(=O)O)c1ccccc1[N+](=O)[O-]. The number of likely N-dealkylation sites (N-methyl/N-ethyl adjacent to an activating group) is 1. The first-order valence-corrected chi connectivity index (χ1v) is 7.26. The Kier molecular flexibility index (Phi) is 4.53. The molecule has 8 nitrogen and oxygen atoms in total. The zero-order valence-corrected chi connectivity index (χ0v) is 13.1. The number of carbonyl (C=O) groups is 2. The summed E-state index contributed by atoms with van der Waals surface area (Å²) < 4.78 is 0. The minimum Gasteiger partial charge on any atom is -0.480 e. The van der Waals surface area contributed by atoms with Crippen LogP contribution in [-0.2, 0) is 9.59 Å². The van der Waals surface area contributed by atoms with Gasteiger partial charge in [-0.15, -0.1) is 0 Å². The van der Waals surface area contributed by atoms with Crippen LogP contribution in [0.25, 0.3) is 0 Å². The lowest BCUT2D eigenvalue weighted by atomic mass is 9.99. The van der Waals surface area contributed by atoms with E-state index in [-0.39, 0.29) is 18.1 Å². The molecule has 0 radical (unpaired) electrons. The third kappa shape index (κ3) is 3.10. The molecule has 1 aliphatic rings. The van der Waals surface area contributed by atoms with E-state index >= 15 is 0 Å². The molecule has 0 saturated carbocycles. The molecule has 1 aromatic rings. The van der Waals surface area contributed by atoms with Gasteiger partial charge < -0.3 is 14.9 Å². The number of nitro groups is 1. The number of amides is 1. The third-order valence-corrected chi connectivity index (χ3v) is 4.26. The largest absolute Gasteiger partial charge is 0.480 e. The van der Waals surface area contributed by atoms with Gasteiger partial charge in [0, 0.05) is 19.7 Å². The van der Waals surface area contributed by atoms with Crippen LogP contribution in [0.5, 0.6) is 0 Å². The molecule has 1 aromatic carbocycles. The molecule has 1 heterocycles. The molecule has 8 heteroatoms. The molecule has 1 atom stereocenters. The zero-order valence-electron chi connectivity index (χ0n) is 13.1. The number of aliphatic carboxylic acids is 1. The van der Waals surface area contributed by atoms with E-state index in [0.717, 1.165) is 0 Å². The zero-order chi connectivity index (χ0) is 17.2. The maximum atomic E-state index is 12.5. The Labute approximate surface area is 133 Å². The average Bonchev–Trinajstić information content (AvgIpc) is 2.90. The number of anilines is 1. The van der Waals surface area contributed by atoms with Crippen molar-refractivity contribution < 1.29 is 19.6 Å². The van der Waals surface area contributed by atoms with Crippen molar-refractivity contribution in [2.24, 2.45) is 0 Å². The van der Waals surface area contributed by atoms with Gasteiger partial charge in [0.15, 0.2) is 0 Å². The van der Waals surface area contributed by atoms with Crippen molar-refractivity contribution in [1.82, 2.24) is 4.90 Å². The fraction of sp³-hybridized carbons (Fsp3) is 0.467. The Balaban J connectivity index is 2.18. The number of nitro benzene ring substituents is 1. The van der Waals surface area contributed by atoms with Crippen molar-refractivity contribution in [3.63, 3.8) is 0 Å². The van der Waals surface area contributed by atoms with E-state index in [2.05, 4.69) is 0 Å². The van der Waals surface area contributed by atoms with Crippen LogP contribution in [0.2, 0.25) is 0 Å². The second-order valence-corrected chi connectivity index (χ2v) is 5.83. The number of carbonyl (C=O) groups excluding carboxylic acids is 1. The molecule has 124 valence electrons. The maximum Gasteiger partial charge on any atom is 0.329 e. The highest BCUT2D eigenvalue weighted by molar-refractivity contribution is 5.90. The van der Waals surface area contributed by atoms with Crippen molar-refractivity contribution >= 4 is 23.3 Å². The first-order valence-electron chi connectivity index (χ1n) is 7.26. The Morgan fingerprint density at radius 2 is 2.09 bits per heavy atom. The van der Waals surface area contributed by atoms with Crippen LogP contribution in [0.3, 0.4) is 0 Å². The normalized spacial score (nSPS) is 20.3. The van der Waals surface area contributed by atoms with Crippen LogP contribution in [0.15, 0.2) is 24.3 Å². The first kappa shape index (κ1) is 16.7. The third-order valence-electron chi connectivity index (χ3n) is 4.26. The van der Waals surface area contributed by atoms with Gasteiger partial charge in [0.05, 0.1) is 11.5 Å². The van der Waals surface area contributed by atoms with Crippen molar-refractivity contribution in [2.45, 2.75) is 25.3 Å². The molecule has 1 fully saturated rings. The van der Waals surface area contributed by atoms with Crippen molar-refractivity contribution in [3.05, 3.63) is 34.4 Å². The molecule has 1 aliphatic heterocycles. The Morgan fingerprint density at radius 1 is 1.43 bits per heavy atom. The summed E-state index contributed by atoms with van der Waals surface area (Å²) in [4.78, 5) is 37.3. The number of hydrogen-bond acceptors (Lipinski definition) is 5. The highest BCUT2D eigenvalue weighted by atomic mass is 16.6. The molecule has 0 spiro atoms. The second-order valence-electron chi connectivity index (χ2n) is 5.83. The van der Waals surface area contributed by atoms with Gasteiger partial charge in [0.1, 0.15) is 11.2 Å². The quantitative estimate of drug-likeness (QED) is 0.651. The Hall–Kier alpha value is -2.64. The summed E-state index contributed by atoms with van der Waals surface area (Å²) in [6, 6.07) is 6.14. The average molecular weight is 321 g/mol. The fourth-order valence-electron chi connectivity index (χ4n) is 2.90. The maximum absolute atomic E-state index is 12.5. The molecule has 1 unspecified atom stereocenters. The molecule has 1 N–H and O–H groups in total. The summed E-state index contributed by atoms with van der Waals surface area (Å²) in [7, 11) is 1.58. The van der Waals surface area contributed by atoms with Crippen molar-refractivity contribution in [3.8, 4) is 0 Å². The first-order chi connectivity index (χ1) is 10.8. The number of nitrogens with zero attached hydrogens (tertiary/aromatic N) is 3. The van der Waals surface area contributed by atoms with Crippen LogP contribution in [0, 0.1) is 10.1 Å². The molecule has 0 aliphatic carbocycles. The van der Waals surface area contributed by atoms with E-state index in [1.165, 1.54) is 22.8 Å². The van der Waals surface area contributed by atoms with Gasteiger partial charge in [0.2, 0.25) is 5.91 Å². The molecular weight excluding hydrogens is 302 g/mol. The molecule has 0 bridgehead atoms. The van der Waals surface area contributed by atoms with Crippen LogP contribution in [0.4, 0.5) is 11.4 Å². The van der Waals surface area contributed by atoms with Crippen molar-refractivity contribution in [2.75, 3.05) is 25.0 Å². The van der Waals surface area contributed by atoms with Gasteiger partial charge in [-0.25, -0.2) is 4.79 Å². The Morgan fingerprint density at radius 3 is 2.70 bits per heavy atom. The summed E-state index contributed by atoms with van der Waals surface area (Å²) in [5.41, 5.74) is -0.979. The predicted molar refractivity (Wildman–Crippen MR) is 83.4 cm³/mol. The van der Waals surface area contributed by atoms with Gasteiger partial charge in [-0.3, -0.25) is 14.9 Å². The monoisotopic (exact) mass is 321 g/mol. The molecule has 1 saturated heterocycles. The molecule has 0 aromatic heterocycles. The standard InChI is InChI=1S/C15H19N3O5/c1-15(14(20)21)8-5-9-17(15)13(19)10-16(2)11-6-3-4-7-12(11)18(22)23/h3-4,6-7H,5,8-10H2,1-2H3,(H,20,21). The number of carboxylic acids is 1. The molecule has 2 rings (SSSR count). The lowest BCUT2D eigenvalue weighted by molar-refractivity contribution is -0.384. The fourth-order valence-corrected chi connectivity index (χ4v) is 2.90. The summed E-state index contributed by atoms with van der Waals surface area (Å²) in [5.74, 6) is -1.38. The number of rotatable bonds is 5. The van der Waals surface area contributed by atoms with E-state index in [1.54, 1.807) is 25.2 Å². The van der Waals surface area contributed by atoms with Gasteiger partial charge in [-0.05, 0) is 25.8 Å². The highest BCUT2D eigenvalue weighted by Crippen LogP contribution is 2.31. The number of carboxylic acid groups (broad SMARTS) is 1.